The topological polar surface area (TPSA) is 206 Å². The molecule has 1 aromatic carbocycles. The van der Waals surface area contributed by atoms with Gasteiger partial charge in [0.15, 0.2) is 0 Å². The van der Waals surface area contributed by atoms with Crippen molar-refractivity contribution in [2.75, 3.05) is 18.4 Å². The second-order valence-corrected chi connectivity index (χ2v) is 11.8. The van der Waals surface area contributed by atoms with Crippen molar-refractivity contribution in [3.05, 3.63) is 29.8 Å². The molecule has 14 heteroatoms. The molecule has 1 saturated heterocycles. The van der Waals surface area contributed by atoms with Gasteiger partial charge < -0.3 is 31.7 Å². The largest absolute Gasteiger partial charge is 0.461 e. The molecule has 254 valence electrons. The van der Waals surface area contributed by atoms with Gasteiger partial charge in [-0.25, -0.2) is 4.79 Å². The maximum atomic E-state index is 13.3. The van der Waals surface area contributed by atoms with Crippen LogP contribution in [0.1, 0.15) is 84.6 Å². The van der Waals surface area contributed by atoms with E-state index >= 15 is 0 Å². The first-order chi connectivity index (χ1) is 21.8. The Morgan fingerprint density at radius 1 is 0.978 bits per heavy atom. The van der Waals surface area contributed by atoms with Crippen LogP contribution in [0.4, 0.5) is 10.5 Å². The summed E-state index contributed by atoms with van der Waals surface area (Å²) in [4.78, 5) is 87.0. The molecule has 1 fully saturated rings. The van der Waals surface area contributed by atoms with Crippen molar-refractivity contribution in [2.24, 2.45) is 17.6 Å². The maximum absolute atomic E-state index is 13.3. The third-order valence-corrected chi connectivity index (χ3v) is 7.53. The smallest absolute Gasteiger partial charge is 0.312 e. The van der Waals surface area contributed by atoms with Gasteiger partial charge in [-0.3, -0.25) is 33.7 Å². The van der Waals surface area contributed by atoms with Crippen LogP contribution in [0.3, 0.4) is 0 Å². The van der Waals surface area contributed by atoms with Crippen molar-refractivity contribution in [1.82, 2.24) is 20.9 Å². The van der Waals surface area contributed by atoms with Gasteiger partial charge in [-0.1, -0.05) is 46.2 Å². The quantitative estimate of drug-likeness (QED) is 0.0854. The fraction of sp³-hybridized carbons (Fsp3) is 0.594. The van der Waals surface area contributed by atoms with Crippen LogP contribution in [0, 0.1) is 11.8 Å². The van der Waals surface area contributed by atoms with Crippen LogP contribution in [-0.2, 0) is 40.1 Å². The molecule has 0 aromatic heterocycles. The van der Waals surface area contributed by atoms with Gasteiger partial charge in [0, 0.05) is 44.0 Å². The van der Waals surface area contributed by atoms with Crippen LogP contribution in [-0.4, -0.2) is 71.6 Å². The summed E-state index contributed by atoms with van der Waals surface area (Å²) in [5, 5.41) is 10.7. The molecule has 2 rings (SSSR count). The van der Waals surface area contributed by atoms with E-state index in [1.165, 1.54) is 4.90 Å². The molecule has 7 amide bonds. The van der Waals surface area contributed by atoms with Gasteiger partial charge in [-0.05, 0) is 49.3 Å². The number of rotatable bonds is 19. The van der Waals surface area contributed by atoms with Crippen LogP contribution < -0.4 is 27.0 Å². The van der Waals surface area contributed by atoms with Crippen molar-refractivity contribution in [3.8, 4) is 0 Å². The molecule has 0 bridgehead atoms. The van der Waals surface area contributed by atoms with Gasteiger partial charge in [-0.2, -0.15) is 0 Å². The van der Waals surface area contributed by atoms with Gasteiger partial charge in [0.2, 0.25) is 29.5 Å². The van der Waals surface area contributed by atoms with Crippen molar-refractivity contribution in [3.63, 3.8) is 0 Å². The monoisotopic (exact) mass is 644 g/mol. The summed E-state index contributed by atoms with van der Waals surface area (Å²) in [6, 6.07) is 4.13. The molecule has 0 saturated carbocycles. The fourth-order valence-corrected chi connectivity index (χ4v) is 4.82. The molecular formula is C32H48N6O8. The number of benzene rings is 1. The molecule has 1 heterocycles. The van der Waals surface area contributed by atoms with E-state index < -0.39 is 29.9 Å². The number of urea groups is 1. The molecule has 3 atom stereocenters. The summed E-state index contributed by atoms with van der Waals surface area (Å²) in [7, 11) is 0. The van der Waals surface area contributed by atoms with E-state index in [-0.39, 0.29) is 74.4 Å². The Bertz CT molecular complexity index is 1240. The van der Waals surface area contributed by atoms with E-state index in [4.69, 9.17) is 10.5 Å². The minimum Gasteiger partial charge on any atom is -0.461 e. The molecule has 0 aliphatic carbocycles. The Labute approximate surface area is 269 Å². The third kappa shape index (κ3) is 12.9. The number of likely N-dealkylation sites (tertiary alicyclic amines) is 1. The molecule has 0 radical (unpaired) electrons. The molecule has 1 aliphatic heterocycles. The SMILES string of the molecule is CCC(=O)OCc1ccc(NC(=O)C(CCCNC(N)=O)NC(=O)[C@@H](NC(=O)CCCCCN2C(=O)CC(C)C2=O)C(C)C)cc1. The van der Waals surface area contributed by atoms with E-state index in [9.17, 15) is 33.6 Å². The molecule has 14 nitrogen and oxygen atoms in total. The summed E-state index contributed by atoms with van der Waals surface area (Å²) >= 11 is 0. The predicted octanol–water partition coefficient (Wildman–Crippen LogP) is 2.11. The number of carbonyl (C=O) groups excluding carboxylic acids is 7. The number of anilines is 1. The lowest BCUT2D eigenvalue weighted by molar-refractivity contribution is -0.144. The van der Waals surface area contributed by atoms with Gasteiger partial charge in [0.25, 0.3) is 0 Å². The predicted molar refractivity (Wildman–Crippen MR) is 170 cm³/mol. The number of primary amides is 1. The first-order valence-electron chi connectivity index (χ1n) is 15.8. The number of nitrogens with two attached hydrogens (primary N) is 1. The lowest BCUT2D eigenvalue weighted by Crippen LogP contribution is -2.54. The van der Waals surface area contributed by atoms with Crippen LogP contribution >= 0.6 is 0 Å². The maximum Gasteiger partial charge on any atom is 0.312 e. The zero-order chi connectivity index (χ0) is 34.2. The first kappa shape index (κ1) is 37.7. The Hall–Kier alpha value is -4.49. The number of nitrogens with zero attached hydrogens (tertiary/aromatic N) is 1. The lowest BCUT2D eigenvalue weighted by atomic mass is 10.0. The number of imide groups is 1. The van der Waals surface area contributed by atoms with Crippen LogP contribution in [0.2, 0.25) is 0 Å². The average molecular weight is 645 g/mol. The van der Waals surface area contributed by atoms with Gasteiger partial charge >= 0.3 is 12.0 Å². The average Bonchev–Trinajstić information content (AvgIpc) is 3.25. The van der Waals surface area contributed by atoms with Gasteiger partial charge in [0.05, 0.1) is 0 Å². The molecule has 1 aliphatic rings. The Morgan fingerprint density at radius 2 is 1.67 bits per heavy atom. The van der Waals surface area contributed by atoms with E-state index in [1.807, 2.05) is 0 Å². The highest BCUT2D eigenvalue weighted by molar-refractivity contribution is 6.03. The minimum absolute atomic E-state index is 0.106. The van der Waals surface area contributed by atoms with Crippen molar-refractivity contribution in [2.45, 2.75) is 97.8 Å². The summed E-state index contributed by atoms with van der Waals surface area (Å²) < 4.78 is 5.12. The van der Waals surface area contributed by atoms with Crippen molar-refractivity contribution >= 4 is 47.2 Å². The number of nitrogens with one attached hydrogen (secondary N) is 4. The number of ether oxygens (including phenoxy) is 1. The molecule has 0 spiro atoms. The Balaban J connectivity index is 1.94. The van der Waals surface area contributed by atoms with E-state index in [0.717, 1.165) is 5.56 Å². The number of amides is 7. The fourth-order valence-electron chi connectivity index (χ4n) is 4.82. The summed E-state index contributed by atoms with van der Waals surface area (Å²) in [6.07, 6.45) is 2.92. The van der Waals surface area contributed by atoms with E-state index in [2.05, 4.69) is 21.3 Å². The minimum atomic E-state index is -0.982. The van der Waals surface area contributed by atoms with Gasteiger partial charge in [0.1, 0.15) is 18.7 Å². The van der Waals surface area contributed by atoms with E-state index in [1.54, 1.807) is 52.0 Å². The number of unbranched alkanes of at least 4 members (excludes halogenated alkanes) is 2. The number of esters is 1. The zero-order valence-electron chi connectivity index (χ0n) is 27.2. The second kappa shape index (κ2) is 19.1. The molecule has 1 aromatic rings. The van der Waals surface area contributed by atoms with E-state index in [0.29, 0.717) is 37.9 Å². The van der Waals surface area contributed by atoms with Crippen molar-refractivity contribution < 1.29 is 38.3 Å². The first-order valence-corrected chi connectivity index (χ1v) is 15.8. The molecule has 6 N–H and O–H groups in total. The molecular weight excluding hydrogens is 596 g/mol. The summed E-state index contributed by atoms with van der Waals surface area (Å²) in [5.41, 5.74) is 6.33. The highest BCUT2D eigenvalue weighted by Crippen LogP contribution is 2.19. The number of hydrogen-bond donors (Lipinski definition) is 5. The molecule has 46 heavy (non-hydrogen) atoms. The Morgan fingerprint density at radius 3 is 2.26 bits per heavy atom. The summed E-state index contributed by atoms with van der Waals surface area (Å²) in [6.45, 7) is 7.63. The number of carbonyl (C=O) groups is 7. The highest BCUT2D eigenvalue weighted by atomic mass is 16.5. The molecule has 2 unspecified atom stereocenters. The second-order valence-electron chi connectivity index (χ2n) is 11.8. The highest BCUT2D eigenvalue weighted by Gasteiger charge is 2.35. The Kier molecular flexibility index (Phi) is 15.7. The van der Waals surface area contributed by atoms with Gasteiger partial charge in [-0.15, -0.1) is 0 Å². The van der Waals surface area contributed by atoms with Crippen LogP contribution in [0.5, 0.6) is 0 Å². The summed E-state index contributed by atoms with van der Waals surface area (Å²) in [5.74, 6) is -2.56. The third-order valence-electron chi connectivity index (χ3n) is 7.53. The lowest BCUT2D eigenvalue weighted by Gasteiger charge is -2.25. The van der Waals surface area contributed by atoms with Crippen LogP contribution in [0.25, 0.3) is 0 Å². The standard InChI is InChI=1S/C32H48N6O8/c1-5-27(41)46-19-22-12-14-23(15-13-22)35-29(42)24(10-9-16-34-32(33)45)36-30(43)28(20(2)3)37-25(39)11-7-6-8-17-38-26(40)18-21(4)31(38)44/h12-15,20-21,24,28H,5-11,16-19H2,1-4H3,(H,35,42)(H,36,43)(H,37,39)(H3,33,34,45)/t21?,24?,28-/m0/s1. The van der Waals surface area contributed by atoms with Crippen LogP contribution in [0.15, 0.2) is 24.3 Å². The van der Waals surface area contributed by atoms with Crippen molar-refractivity contribution in [1.29, 1.82) is 0 Å². The number of hydrogen-bond acceptors (Lipinski definition) is 8. The normalized spacial score (nSPS) is 15.7. The zero-order valence-corrected chi connectivity index (χ0v) is 27.2.